The van der Waals surface area contributed by atoms with Crippen molar-refractivity contribution in [1.82, 2.24) is 9.97 Å². The van der Waals surface area contributed by atoms with Gasteiger partial charge in [-0.05, 0) is 31.4 Å². The molecule has 0 radical (unpaired) electrons. The summed E-state index contributed by atoms with van der Waals surface area (Å²) in [7, 11) is 0. The van der Waals surface area contributed by atoms with Crippen LogP contribution in [0.25, 0.3) is 0 Å². The van der Waals surface area contributed by atoms with Crippen LogP contribution in [-0.4, -0.2) is 16.0 Å². The van der Waals surface area contributed by atoms with Crippen LogP contribution in [0.4, 0.5) is 5.82 Å². The minimum Gasteiger partial charge on any atom is -0.367 e. The molecule has 0 amide bonds. The molecule has 1 heterocycles. The number of halogens is 1. The van der Waals surface area contributed by atoms with E-state index in [0.717, 1.165) is 24.4 Å². The topological polar surface area (TPSA) is 37.8 Å². The summed E-state index contributed by atoms with van der Waals surface area (Å²) in [4.78, 5) is 8.12. The second-order valence-electron chi connectivity index (χ2n) is 3.32. The zero-order valence-electron chi connectivity index (χ0n) is 8.84. The van der Waals surface area contributed by atoms with Gasteiger partial charge in [-0.2, -0.15) is 0 Å². The Balaban J connectivity index is 2.75. The monoisotopic (exact) mass is 213 g/mol. The number of anilines is 1. The Morgan fingerprint density at radius 1 is 1.36 bits per heavy atom. The largest absolute Gasteiger partial charge is 0.367 e. The molecule has 1 N–H and O–H groups in total. The average molecular weight is 214 g/mol. The number of aromatic nitrogens is 2. The summed E-state index contributed by atoms with van der Waals surface area (Å²) in [5, 5.41) is 3.63. The lowest BCUT2D eigenvalue weighted by Gasteiger charge is -2.15. The van der Waals surface area contributed by atoms with Crippen molar-refractivity contribution in [1.29, 1.82) is 0 Å². The lowest BCUT2D eigenvalue weighted by atomic mass is 10.2. The molecule has 0 saturated carbocycles. The Labute approximate surface area is 89.9 Å². The molecule has 1 aromatic rings. The van der Waals surface area contributed by atoms with Crippen LogP contribution in [0.1, 0.15) is 32.4 Å². The van der Waals surface area contributed by atoms with Crippen LogP contribution in [0, 0.1) is 6.92 Å². The van der Waals surface area contributed by atoms with E-state index in [-0.39, 0.29) is 0 Å². The predicted molar refractivity (Wildman–Crippen MR) is 59.8 cm³/mol. The Bertz CT molecular complexity index is 277. The van der Waals surface area contributed by atoms with Gasteiger partial charge in [0, 0.05) is 17.8 Å². The third kappa shape index (κ3) is 3.14. The Hall–Kier alpha value is -0.830. The fraction of sp³-hybridized carbons (Fsp3) is 0.600. The Morgan fingerprint density at radius 3 is 2.50 bits per heavy atom. The Kier molecular flexibility index (Phi) is 4.14. The summed E-state index contributed by atoms with van der Waals surface area (Å²) >= 11 is 5.76. The first-order valence-corrected chi connectivity index (χ1v) is 5.31. The maximum atomic E-state index is 5.76. The van der Waals surface area contributed by atoms with Gasteiger partial charge >= 0.3 is 0 Å². The number of aryl methyl sites for hydroxylation is 1. The third-order valence-corrected chi connectivity index (χ3v) is 2.33. The fourth-order valence-electron chi connectivity index (χ4n) is 1.31. The number of nitrogens with zero attached hydrogens (tertiary/aromatic N) is 2. The van der Waals surface area contributed by atoms with Gasteiger partial charge in [0.05, 0.1) is 0 Å². The summed E-state index contributed by atoms with van der Waals surface area (Å²) in [6, 6.07) is 2.37. The van der Waals surface area contributed by atoms with Crippen LogP contribution in [0.2, 0.25) is 5.28 Å². The van der Waals surface area contributed by atoms with Crippen molar-refractivity contribution in [2.75, 3.05) is 5.32 Å². The normalized spacial score (nSPS) is 10.6. The minimum absolute atomic E-state index is 0.304. The van der Waals surface area contributed by atoms with Crippen molar-refractivity contribution in [3.8, 4) is 0 Å². The lowest BCUT2D eigenvalue weighted by Crippen LogP contribution is -2.18. The molecule has 0 aliphatic heterocycles. The highest BCUT2D eigenvalue weighted by Crippen LogP contribution is 2.12. The average Bonchev–Trinajstić information content (AvgIpc) is 2.12. The second-order valence-corrected chi connectivity index (χ2v) is 3.66. The molecular formula is C10H16ClN3. The molecule has 0 aliphatic carbocycles. The summed E-state index contributed by atoms with van der Waals surface area (Å²) in [6.07, 6.45) is 2.16. The molecule has 0 fully saturated rings. The van der Waals surface area contributed by atoms with Gasteiger partial charge in [0.1, 0.15) is 5.82 Å². The highest BCUT2D eigenvalue weighted by molar-refractivity contribution is 6.28. The van der Waals surface area contributed by atoms with Crippen molar-refractivity contribution in [2.45, 2.75) is 39.7 Å². The van der Waals surface area contributed by atoms with Crippen LogP contribution >= 0.6 is 11.6 Å². The summed E-state index contributed by atoms with van der Waals surface area (Å²) in [5.41, 5.74) is 0.887. The summed E-state index contributed by atoms with van der Waals surface area (Å²) in [5.74, 6) is 0.816. The Morgan fingerprint density at radius 2 is 2.00 bits per heavy atom. The van der Waals surface area contributed by atoms with Crippen LogP contribution < -0.4 is 5.32 Å². The first kappa shape index (κ1) is 11.2. The zero-order chi connectivity index (χ0) is 10.6. The highest BCUT2D eigenvalue weighted by atomic mass is 35.5. The van der Waals surface area contributed by atoms with Crippen LogP contribution in [-0.2, 0) is 0 Å². The molecule has 0 saturated heterocycles. The summed E-state index contributed by atoms with van der Waals surface area (Å²) < 4.78 is 0. The van der Waals surface area contributed by atoms with Crippen LogP contribution in [0.3, 0.4) is 0 Å². The van der Waals surface area contributed by atoms with Crippen molar-refractivity contribution in [3.63, 3.8) is 0 Å². The van der Waals surface area contributed by atoms with E-state index in [1.165, 1.54) is 0 Å². The smallest absolute Gasteiger partial charge is 0.224 e. The van der Waals surface area contributed by atoms with Gasteiger partial charge in [0.2, 0.25) is 5.28 Å². The lowest BCUT2D eigenvalue weighted by molar-refractivity contribution is 0.668. The maximum absolute atomic E-state index is 5.76. The standard InChI is InChI=1S/C10H16ClN3/c1-4-8(5-2)13-9-6-7(3)12-10(11)14-9/h6,8H,4-5H2,1-3H3,(H,12,13,14). The SMILES string of the molecule is CCC(CC)Nc1cc(C)nc(Cl)n1. The molecule has 0 bridgehead atoms. The molecule has 4 heteroatoms. The van der Waals surface area contributed by atoms with E-state index in [0.29, 0.717) is 11.3 Å². The second kappa shape index (κ2) is 5.15. The molecule has 78 valence electrons. The number of nitrogens with one attached hydrogen (secondary N) is 1. The molecule has 0 spiro atoms. The van der Waals surface area contributed by atoms with Gasteiger partial charge in [-0.3, -0.25) is 0 Å². The number of rotatable bonds is 4. The van der Waals surface area contributed by atoms with E-state index >= 15 is 0 Å². The van der Waals surface area contributed by atoms with Gasteiger partial charge < -0.3 is 5.32 Å². The van der Waals surface area contributed by atoms with Gasteiger partial charge in [0.25, 0.3) is 0 Å². The van der Waals surface area contributed by atoms with Gasteiger partial charge in [-0.15, -0.1) is 0 Å². The molecule has 0 aromatic carbocycles. The molecule has 1 rings (SSSR count). The van der Waals surface area contributed by atoms with Crippen molar-refractivity contribution in [3.05, 3.63) is 17.0 Å². The first-order valence-electron chi connectivity index (χ1n) is 4.93. The van der Waals surface area contributed by atoms with Crippen molar-refractivity contribution >= 4 is 17.4 Å². The zero-order valence-corrected chi connectivity index (χ0v) is 9.60. The van der Waals surface area contributed by atoms with Gasteiger partial charge in [-0.1, -0.05) is 13.8 Å². The van der Waals surface area contributed by atoms with E-state index < -0.39 is 0 Å². The predicted octanol–water partition coefficient (Wildman–Crippen LogP) is 3.04. The molecule has 14 heavy (non-hydrogen) atoms. The highest BCUT2D eigenvalue weighted by Gasteiger charge is 2.05. The molecule has 0 atom stereocenters. The molecule has 0 aliphatic rings. The van der Waals surface area contributed by atoms with E-state index in [9.17, 15) is 0 Å². The summed E-state index contributed by atoms with van der Waals surface area (Å²) in [6.45, 7) is 6.21. The molecule has 1 aromatic heterocycles. The van der Waals surface area contributed by atoms with Crippen molar-refractivity contribution in [2.24, 2.45) is 0 Å². The van der Waals surface area contributed by atoms with Crippen LogP contribution in [0.15, 0.2) is 6.07 Å². The van der Waals surface area contributed by atoms with Gasteiger partial charge in [0.15, 0.2) is 0 Å². The van der Waals surface area contributed by atoms with Crippen molar-refractivity contribution < 1.29 is 0 Å². The molecule has 0 unspecified atom stereocenters. The number of hydrogen-bond donors (Lipinski definition) is 1. The third-order valence-electron chi connectivity index (χ3n) is 2.16. The molecule has 3 nitrogen and oxygen atoms in total. The van der Waals surface area contributed by atoms with E-state index in [4.69, 9.17) is 11.6 Å². The van der Waals surface area contributed by atoms with E-state index in [1.54, 1.807) is 0 Å². The van der Waals surface area contributed by atoms with E-state index in [2.05, 4.69) is 29.1 Å². The van der Waals surface area contributed by atoms with Gasteiger partial charge in [-0.25, -0.2) is 9.97 Å². The molecular weight excluding hydrogens is 198 g/mol. The number of hydrogen-bond acceptors (Lipinski definition) is 3. The van der Waals surface area contributed by atoms with Crippen LogP contribution in [0.5, 0.6) is 0 Å². The van der Waals surface area contributed by atoms with E-state index in [1.807, 2.05) is 13.0 Å². The fourth-order valence-corrected chi connectivity index (χ4v) is 1.53. The maximum Gasteiger partial charge on any atom is 0.224 e. The minimum atomic E-state index is 0.304. The quantitative estimate of drug-likeness (QED) is 0.782. The first-order chi connectivity index (χ1) is 6.65.